The van der Waals surface area contributed by atoms with Crippen molar-refractivity contribution in [2.75, 3.05) is 25.1 Å². The lowest BCUT2D eigenvalue weighted by atomic mass is 10.2. The molecule has 0 aromatic heterocycles. The summed E-state index contributed by atoms with van der Waals surface area (Å²) < 4.78 is 11.0. The Morgan fingerprint density at radius 2 is 1.76 bits per heavy atom. The van der Waals surface area contributed by atoms with E-state index < -0.39 is 0 Å². The largest absolute Gasteiger partial charge is 0.494 e. The lowest BCUT2D eigenvalue weighted by Crippen LogP contribution is -2.23. The van der Waals surface area contributed by atoms with Gasteiger partial charge < -0.3 is 14.8 Å². The second kappa shape index (κ2) is 6.50. The Morgan fingerprint density at radius 1 is 1.12 bits per heavy atom. The van der Waals surface area contributed by atoms with Crippen molar-refractivity contribution in [3.8, 4) is 5.75 Å². The molecule has 0 heterocycles. The minimum Gasteiger partial charge on any atom is -0.494 e. The van der Waals surface area contributed by atoms with Gasteiger partial charge in [-0.25, -0.2) is 0 Å². The Morgan fingerprint density at radius 3 is 2.29 bits per heavy atom. The van der Waals surface area contributed by atoms with Crippen molar-refractivity contribution in [1.82, 2.24) is 0 Å². The summed E-state index contributed by atoms with van der Waals surface area (Å²) in [7, 11) is 0. The summed E-state index contributed by atoms with van der Waals surface area (Å²) in [4.78, 5) is 0. The summed E-state index contributed by atoms with van der Waals surface area (Å²) in [5, 5.41) is 3.31. The van der Waals surface area contributed by atoms with Crippen LogP contribution in [0.2, 0.25) is 0 Å². The van der Waals surface area contributed by atoms with Crippen LogP contribution in [0.1, 0.15) is 27.7 Å². The summed E-state index contributed by atoms with van der Waals surface area (Å²) in [6.45, 7) is 10.4. The van der Waals surface area contributed by atoms with Gasteiger partial charge in [-0.15, -0.1) is 0 Å². The molecule has 0 aliphatic rings. The van der Waals surface area contributed by atoms with Crippen molar-refractivity contribution >= 4 is 5.69 Å². The molecule has 0 atom stereocenters. The van der Waals surface area contributed by atoms with Crippen LogP contribution in [0.15, 0.2) is 24.3 Å². The van der Waals surface area contributed by atoms with E-state index >= 15 is 0 Å². The molecule has 0 radical (unpaired) electrons. The Balaban J connectivity index is 2.27. The van der Waals surface area contributed by atoms with Gasteiger partial charge in [-0.05, 0) is 52.0 Å². The number of rotatable bonds is 6. The topological polar surface area (TPSA) is 30.5 Å². The molecule has 0 aliphatic heterocycles. The number of hydrogen-bond donors (Lipinski definition) is 1. The molecule has 1 rings (SSSR count). The fraction of sp³-hybridized carbons (Fsp3) is 0.571. The van der Waals surface area contributed by atoms with E-state index in [1.807, 2.05) is 31.2 Å². The zero-order valence-corrected chi connectivity index (χ0v) is 11.2. The molecule has 1 aromatic carbocycles. The maximum absolute atomic E-state index is 5.63. The first-order valence-corrected chi connectivity index (χ1v) is 6.12. The third kappa shape index (κ3) is 6.17. The molecule has 0 spiro atoms. The molecular formula is C14H23NO2. The van der Waals surface area contributed by atoms with Crippen LogP contribution in [0.3, 0.4) is 0 Å². The molecule has 0 aliphatic carbocycles. The van der Waals surface area contributed by atoms with Crippen LogP contribution in [0.5, 0.6) is 5.75 Å². The van der Waals surface area contributed by atoms with E-state index in [0.29, 0.717) is 13.2 Å². The molecule has 0 saturated carbocycles. The maximum atomic E-state index is 5.63. The lowest BCUT2D eigenvalue weighted by molar-refractivity contribution is 0.00333. The Hall–Kier alpha value is -1.22. The van der Waals surface area contributed by atoms with E-state index in [4.69, 9.17) is 9.47 Å². The highest BCUT2D eigenvalue weighted by Crippen LogP contribution is 2.15. The molecule has 17 heavy (non-hydrogen) atoms. The lowest BCUT2D eigenvalue weighted by Gasteiger charge is -2.19. The average molecular weight is 237 g/mol. The summed E-state index contributed by atoms with van der Waals surface area (Å²) in [5.74, 6) is 0.906. The molecule has 1 N–H and O–H groups in total. The van der Waals surface area contributed by atoms with Crippen molar-refractivity contribution < 1.29 is 9.47 Å². The molecule has 3 nitrogen and oxygen atoms in total. The van der Waals surface area contributed by atoms with E-state index in [1.165, 1.54) is 0 Å². The van der Waals surface area contributed by atoms with E-state index in [1.54, 1.807) is 0 Å². The monoisotopic (exact) mass is 237 g/mol. The van der Waals surface area contributed by atoms with E-state index in [2.05, 4.69) is 26.1 Å². The highest BCUT2D eigenvalue weighted by Gasteiger charge is 2.08. The quantitative estimate of drug-likeness (QED) is 0.770. The predicted octanol–water partition coefficient (Wildman–Crippen LogP) is 3.31. The third-order valence-electron chi connectivity index (χ3n) is 2.13. The van der Waals surface area contributed by atoms with Crippen LogP contribution in [-0.4, -0.2) is 25.4 Å². The smallest absolute Gasteiger partial charge is 0.119 e. The number of anilines is 1. The van der Waals surface area contributed by atoms with Gasteiger partial charge in [0.25, 0.3) is 0 Å². The zero-order chi connectivity index (χ0) is 12.7. The molecule has 96 valence electrons. The summed E-state index contributed by atoms with van der Waals surface area (Å²) in [5.41, 5.74) is 1.02. The number of nitrogens with one attached hydrogen (secondary N) is 1. The van der Waals surface area contributed by atoms with Crippen molar-refractivity contribution in [3.05, 3.63) is 24.3 Å². The fourth-order valence-corrected chi connectivity index (χ4v) is 1.39. The van der Waals surface area contributed by atoms with Crippen molar-refractivity contribution in [3.63, 3.8) is 0 Å². The first-order chi connectivity index (χ1) is 8.01. The summed E-state index contributed by atoms with van der Waals surface area (Å²) in [6, 6.07) is 7.97. The predicted molar refractivity (Wildman–Crippen MR) is 71.8 cm³/mol. The van der Waals surface area contributed by atoms with Crippen molar-refractivity contribution in [1.29, 1.82) is 0 Å². The minimum atomic E-state index is -0.0689. The van der Waals surface area contributed by atoms with Crippen molar-refractivity contribution in [2.45, 2.75) is 33.3 Å². The van der Waals surface area contributed by atoms with Gasteiger partial charge in [0.2, 0.25) is 0 Å². The Labute approximate surface area is 104 Å². The number of benzene rings is 1. The van der Waals surface area contributed by atoms with Gasteiger partial charge in [-0.1, -0.05) is 0 Å². The van der Waals surface area contributed by atoms with Gasteiger partial charge in [0.15, 0.2) is 0 Å². The van der Waals surface area contributed by atoms with E-state index in [0.717, 1.165) is 18.0 Å². The van der Waals surface area contributed by atoms with Gasteiger partial charge >= 0.3 is 0 Å². The van der Waals surface area contributed by atoms with Crippen LogP contribution in [-0.2, 0) is 4.74 Å². The first kappa shape index (κ1) is 13.8. The number of ether oxygens (including phenoxy) is 2. The SMILES string of the molecule is CCOc1ccc(NCCOC(C)(C)C)cc1. The van der Waals surface area contributed by atoms with Crippen molar-refractivity contribution in [2.24, 2.45) is 0 Å². The molecule has 0 bridgehead atoms. The molecule has 0 amide bonds. The Kier molecular flexibility index (Phi) is 5.29. The highest BCUT2D eigenvalue weighted by atomic mass is 16.5. The standard InChI is InChI=1S/C14H23NO2/c1-5-16-13-8-6-12(7-9-13)15-10-11-17-14(2,3)4/h6-9,15H,5,10-11H2,1-4H3. The van der Waals surface area contributed by atoms with Crippen LogP contribution in [0.4, 0.5) is 5.69 Å². The second-order valence-electron chi connectivity index (χ2n) is 4.85. The van der Waals surface area contributed by atoms with Crippen LogP contribution < -0.4 is 10.1 Å². The van der Waals surface area contributed by atoms with Gasteiger partial charge in [0.05, 0.1) is 18.8 Å². The van der Waals surface area contributed by atoms with Gasteiger partial charge in [0, 0.05) is 12.2 Å². The van der Waals surface area contributed by atoms with Gasteiger partial charge in [0.1, 0.15) is 5.75 Å². The minimum absolute atomic E-state index is 0.0689. The molecule has 0 fully saturated rings. The third-order valence-corrected chi connectivity index (χ3v) is 2.13. The van der Waals surface area contributed by atoms with Crippen LogP contribution in [0, 0.1) is 0 Å². The normalized spacial score (nSPS) is 11.3. The molecular weight excluding hydrogens is 214 g/mol. The molecule has 3 heteroatoms. The highest BCUT2D eigenvalue weighted by molar-refractivity contribution is 5.46. The molecule has 1 aromatic rings. The second-order valence-corrected chi connectivity index (χ2v) is 4.85. The molecule has 0 saturated heterocycles. The Bertz CT molecular complexity index is 314. The van der Waals surface area contributed by atoms with Crippen LogP contribution in [0.25, 0.3) is 0 Å². The number of hydrogen-bond acceptors (Lipinski definition) is 3. The average Bonchev–Trinajstić information content (AvgIpc) is 2.26. The zero-order valence-electron chi connectivity index (χ0n) is 11.2. The molecule has 0 unspecified atom stereocenters. The van der Waals surface area contributed by atoms with Crippen LogP contribution >= 0.6 is 0 Å². The van der Waals surface area contributed by atoms with E-state index in [9.17, 15) is 0 Å². The first-order valence-electron chi connectivity index (χ1n) is 6.12. The summed E-state index contributed by atoms with van der Waals surface area (Å²) in [6.07, 6.45) is 0. The summed E-state index contributed by atoms with van der Waals surface area (Å²) >= 11 is 0. The maximum Gasteiger partial charge on any atom is 0.119 e. The van der Waals surface area contributed by atoms with Gasteiger partial charge in [-0.2, -0.15) is 0 Å². The van der Waals surface area contributed by atoms with E-state index in [-0.39, 0.29) is 5.60 Å². The van der Waals surface area contributed by atoms with Gasteiger partial charge in [-0.3, -0.25) is 0 Å². The fourth-order valence-electron chi connectivity index (χ4n) is 1.39.